The fraction of sp³-hybridized carbons (Fsp3) is 0.778. The average Bonchev–Trinajstić information content (AvgIpc) is 2.60. The molecule has 2 fully saturated rings. The van der Waals surface area contributed by atoms with E-state index < -0.39 is 23.8 Å². The predicted octanol–water partition coefficient (Wildman–Crippen LogP) is 0.437. The maximum absolute atomic E-state index is 10.8. The molecule has 0 aromatic carbocycles. The van der Waals surface area contributed by atoms with E-state index in [1.165, 1.54) is 0 Å². The van der Waals surface area contributed by atoms with Crippen LogP contribution >= 0.6 is 0 Å². The number of hydrogen-bond acceptors (Lipinski definition) is 2. The number of rotatable bonds is 2. The molecule has 0 saturated heterocycles. The molecule has 0 heterocycles. The third kappa shape index (κ3) is 1.71. The third-order valence-electron chi connectivity index (χ3n) is 3.49. The number of fused-ring (bicyclic) bond motifs is 2. The first kappa shape index (κ1) is 12.0. The van der Waals surface area contributed by atoms with Gasteiger partial charge in [0.15, 0.2) is 0 Å². The van der Waals surface area contributed by atoms with Crippen LogP contribution in [0.4, 0.5) is 0 Å². The Labute approximate surface area is 104 Å². The van der Waals surface area contributed by atoms with Gasteiger partial charge < -0.3 is 10.2 Å². The first-order chi connectivity index (χ1) is 6.11. The molecule has 2 aliphatic carbocycles. The van der Waals surface area contributed by atoms with Crippen LogP contribution in [-0.4, -0.2) is 51.7 Å². The molecule has 4 unspecified atom stereocenters. The molecule has 4 atom stereocenters. The molecule has 73 valence electrons. The smallest absolute Gasteiger partial charge is 0.307 e. The summed E-state index contributed by atoms with van der Waals surface area (Å²) in [7, 11) is 0. The van der Waals surface area contributed by atoms with Crippen LogP contribution in [-0.2, 0) is 9.59 Å². The van der Waals surface area contributed by atoms with Crippen molar-refractivity contribution in [1.82, 2.24) is 0 Å². The van der Waals surface area contributed by atoms with Crippen molar-refractivity contribution < 1.29 is 19.8 Å². The summed E-state index contributed by atoms with van der Waals surface area (Å²) >= 11 is 0. The molecule has 0 spiro atoms. The van der Waals surface area contributed by atoms with E-state index in [1.807, 2.05) is 0 Å². The summed E-state index contributed by atoms with van der Waals surface area (Å²) in [5, 5.41) is 17.8. The Morgan fingerprint density at radius 2 is 1.29 bits per heavy atom. The molecule has 1 radical (unpaired) electrons. The summed E-state index contributed by atoms with van der Waals surface area (Å²) in [6, 6.07) is 0. The van der Waals surface area contributed by atoms with Crippen molar-refractivity contribution in [2.24, 2.45) is 23.7 Å². The van der Waals surface area contributed by atoms with Gasteiger partial charge in [-0.25, -0.2) is 0 Å². The minimum atomic E-state index is -0.931. The fourth-order valence-electron chi connectivity index (χ4n) is 3.00. The Morgan fingerprint density at radius 3 is 1.57 bits per heavy atom. The van der Waals surface area contributed by atoms with Gasteiger partial charge in [-0.1, -0.05) is 0 Å². The van der Waals surface area contributed by atoms with Crippen molar-refractivity contribution in [3.63, 3.8) is 0 Å². The van der Waals surface area contributed by atoms with Gasteiger partial charge in [-0.05, 0) is 31.1 Å². The van der Waals surface area contributed by atoms with Gasteiger partial charge in [-0.15, -0.1) is 0 Å². The van der Waals surface area contributed by atoms with Gasteiger partial charge in [0.25, 0.3) is 0 Å². The van der Waals surface area contributed by atoms with Crippen LogP contribution in [0, 0.1) is 23.7 Å². The molecule has 0 aromatic heterocycles. The van der Waals surface area contributed by atoms with Crippen molar-refractivity contribution in [3.8, 4) is 0 Å². The monoisotopic (exact) mass is 207 g/mol. The Morgan fingerprint density at radius 1 is 0.929 bits per heavy atom. The van der Waals surface area contributed by atoms with Crippen LogP contribution in [0.15, 0.2) is 0 Å². The molecule has 5 heteroatoms. The van der Waals surface area contributed by atoms with Crippen LogP contribution in [0.3, 0.4) is 0 Å². The van der Waals surface area contributed by atoms with E-state index in [2.05, 4.69) is 0 Å². The van der Waals surface area contributed by atoms with E-state index in [9.17, 15) is 9.59 Å². The van der Waals surface area contributed by atoms with Gasteiger partial charge in [-0.2, -0.15) is 0 Å². The molecule has 2 bridgehead atoms. The summed E-state index contributed by atoms with van der Waals surface area (Å²) in [6.45, 7) is 0. The number of carbonyl (C=O) groups is 2. The van der Waals surface area contributed by atoms with Gasteiger partial charge in [0.1, 0.15) is 0 Å². The van der Waals surface area contributed by atoms with E-state index in [4.69, 9.17) is 10.2 Å². The Kier molecular flexibility index (Phi) is 3.61. The van der Waals surface area contributed by atoms with Gasteiger partial charge in [0.05, 0.1) is 11.8 Å². The fourth-order valence-corrected chi connectivity index (χ4v) is 3.00. The number of carboxylic acid groups (broad SMARTS) is 2. The molecule has 4 nitrogen and oxygen atoms in total. The zero-order valence-corrected chi connectivity index (χ0v) is 10.1. The zero-order valence-electron chi connectivity index (χ0n) is 8.14. The number of carboxylic acids is 2. The van der Waals surface area contributed by atoms with Gasteiger partial charge in [-0.3, -0.25) is 9.59 Å². The van der Waals surface area contributed by atoms with Gasteiger partial charge in [0, 0.05) is 29.6 Å². The van der Waals surface area contributed by atoms with E-state index in [0.717, 1.165) is 19.3 Å². The van der Waals surface area contributed by atoms with Gasteiger partial charge in [0.2, 0.25) is 0 Å². The first-order valence-electron chi connectivity index (χ1n) is 4.57. The predicted molar refractivity (Wildman–Crippen MR) is 48.8 cm³/mol. The molecule has 2 rings (SSSR count). The summed E-state index contributed by atoms with van der Waals surface area (Å²) in [5.74, 6) is -2.89. The van der Waals surface area contributed by atoms with Crippen molar-refractivity contribution >= 4 is 41.5 Å². The molecule has 2 aliphatic rings. The van der Waals surface area contributed by atoms with Crippen LogP contribution in [0.1, 0.15) is 19.3 Å². The van der Waals surface area contributed by atoms with Crippen molar-refractivity contribution in [3.05, 3.63) is 0 Å². The third-order valence-corrected chi connectivity index (χ3v) is 3.49. The quantitative estimate of drug-likeness (QED) is 0.644. The second kappa shape index (κ2) is 4.21. The van der Waals surface area contributed by atoms with Crippen molar-refractivity contribution in [2.75, 3.05) is 0 Å². The topological polar surface area (TPSA) is 74.6 Å². The number of hydrogen-bond donors (Lipinski definition) is 2. The molecule has 14 heavy (non-hydrogen) atoms. The van der Waals surface area contributed by atoms with Crippen LogP contribution in [0.25, 0.3) is 0 Å². The average molecular weight is 207 g/mol. The maximum Gasteiger partial charge on any atom is 0.307 e. The van der Waals surface area contributed by atoms with Crippen molar-refractivity contribution in [1.29, 1.82) is 0 Å². The molecule has 0 aliphatic heterocycles. The normalized spacial score (nSPS) is 39.1. The molecule has 0 amide bonds. The molecular formula is C9H12NaO4. The Balaban J connectivity index is 0.000000980. The molecular weight excluding hydrogens is 195 g/mol. The largest absolute Gasteiger partial charge is 0.481 e. The Hall–Kier alpha value is -0.0600. The Bertz CT molecular complexity index is 240. The maximum atomic E-state index is 10.8. The second-order valence-corrected chi connectivity index (χ2v) is 4.06. The summed E-state index contributed by atoms with van der Waals surface area (Å²) in [6.07, 6.45) is 2.59. The van der Waals surface area contributed by atoms with Gasteiger partial charge >= 0.3 is 11.9 Å². The molecule has 2 saturated carbocycles. The van der Waals surface area contributed by atoms with E-state index >= 15 is 0 Å². The summed E-state index contributed by atoms with van der Waals surface area (Å²) in [4.78, 5) is 21.7. The zero-order chi connectivity index (χ0) is 9.59. The standard InChI is InChI=1S/C9H12O4.Na/c10-8(11)6-4-1-2-5(3-4)7(6)9(12)13;/h4-7H,1-3H2,(H,10,11)(H,12,13);. The molecule has 2 N–H and O–H groups in total. The van der Waals surface area contributed by atoms with E-state index in [1.54, 1.807) is 0 Å². The van der Waals surface area contributed by atoms with Crippen LogP contribution < -0.4 is 0 Å². The summed E-state index contributed by atoms with van der Waals surface area (Å²) in [5.41, 5.74) is 0. The number of aliphatic carboxylic acids is 2. The molecule has 0 aromatic rings. The minimum Gasteiger partial charge on any atom is -0.481 e. The van der Waals surface area contributed by atoms with E-state index in [-0.39, 0.29) is 41.4 Å². The minimum absolute atomic E-state index is 0. The summed E-state index contributed by atoms with van der Waals surface area (Å²) < 4.78 is 0. The van der Waals surface area contributed by atoms with Crippen LogP contribution in [0.5, 0.6) is 0 Å². The van der Waals surface area contributed by atoms with E-state index in [0.29, 0.717) is 0 Å². The first-order valence-corrected chi connectivity index (χ1v) is 4.57. The van der Waals surface area contributed by atoms with Crippen LogP contribution in [0.2, 0.25) is 0 Å². The SMILES string of the molecule is O=C(O)C1C2CCC(C2)C1C(=O)O.[Na]. The van der Waals surface area contributed by atoms with Crippen molar-refractivity contribution in [2.45, 2.75) is 19.3 Å². The second-order valence-electron chi connectivity index (χ2n) is 4.06.